The molecule has 2 aliphatic rings. The smallest absolute Gasteiger partial charge is 0.314 e. The summed E-state index contributed by atoms with van der Waals surface area (Å²) in [5, 5.41) is 0. The van der Waals surface area contributed by atoms with Crippen LogP contribution in [0, 0.1) is 23.7 Å². The van der Waals surface area contributed by atoms with E-state index in [0.29, 0.717) is 17.9 Å². The predicted molar refractivity (Wildman–Crippen MR) is 123 cm³/mol. The highest BCUT2D eigenvalue weighted by molar-refractivity contribution is 5.75. The van der Waals surface area contributed by atoms with E-state index in [-0.39, 0.29) is 17.9 Å². The molecule has 2 aliphatic carbocycles. The number of esters is 2. The maximum Gasteiger partial charge on any atom is 0.314 e. The summed E-state index contributed by atoms with van der Waals surface area (Å²) in [7, 11) is 0. The number of unbranched alkanes of at least 4 members (excludes halogenated alkanes) is 2. The normalized spacial score (nSPS) is 26.3. The largest absolute Gasteiger partial charge is 0.427 e. The van der Waals surface area contributed by atoms with Crippen LogP contribution in [0.2, 0.25) is 0 Å². The van der Waals surface area contributed by atoms with Crippen LogP contribution in [0.15, 0.2) is 24.3 Å². The Morgan fingerprint density at radius 3 is 1.87 bits per heavy atom. The Labute approximate surface area is 188 Å². The molecule has 0 amide bonds. The second-order valence-corrected chi connectivity index (χ2v) is 9.61. The fraction of sp³-hybridized carbons (Fsp3) is 0.704. The highest BCUT2D eigenvalue weighted by atomic mass is 16.5. The molecule has 4 nitrogen and oxygen atoms in total. The third-order valence-electron chi connectivity index (χ3n) is 7.44. The fourth-order valence-corrected chi connectivity index (χ4v) is 5.44. The van der Waals surface area contributed by atoms with Gasteiger partial charge in [-0.1, -0.05) is 52.4 Å². The van der Waals surface area contributed by atoms with Gasteiger partial charge < -0.3 is 9.47 Å². The first-order valence-corrected chi connectivity index (χ1v) is 12.6. The molecule has 2 fully saturated rings. The van der Waals surface area contributed by atoms with E-state index in [1.54, 1.807) is 31.2 Å². The third-order valence-corrected chi connectivity index (χ3v) is 7.44. The van der Waals surface area contributed by atoms with Crippen molar-refractivity contribution in [3.05, 3.63) is 24.3 Å². The number of hydrogen-bond donors (Lipinski definition) is 0. The lowest BCUT2D eigenvalue weighted by atomic mass is 9.68. The molecule has 0 heterocycles. The van der Waals surface area contributed by atoms with Crippen LogP contribution in [0.25, 0.3) is 0 Å². The summed E-state index contributed by atoms with van der Waals surface area (Å²) in [5.74, 6) is 3.26. The molecule has 0 saturated heterocycles. The van der Waals surface area contributed by atoms with Gasteiger partial charge in [0.25, 0.3) is 0 Å². The average molecular weight is 429 g/mol. The minimum atomic E-state index is -0.272. The quantitative estimate of drug-likeness (QED) is 0.239. The van der Waals surface area contributed by atoms with E-state index in [0.717, 1.165) is 43.4 Å². The van der Waals surface area contributed by atoms with Gasteiger partial charge in [-0.25, -0.2) is 0 Å². The van der Waals surface area contributed by atoms with E-state index in [1.807, 2.05) is 0 Å². The SMILES string of the molecule is CCCCCC1CCC(C2CCC(C(=O)Oc3ccc(OC(=O)CC)cc3)CC2)CC1. The van der Waals surface area contributed by atoms with Crippen molar-refractivity contribution in [3.8, 4) is 11.5 Å². The minimum absolute atomic E-state index is 0.0132. The molecule has 0 spiro atoms. The number of carbonyl (C=O) groups excluding carboxylic acids is 2. The molecule has 1 aromatic carbocycles. The highest BCUT2D eigenvalue weighted by Crippen LogP contribution is 2.42. The molecule has 1 aromatic rings. The molecule has 4 heteroatoms. The zero-order valence-electron chi connectivity index (χ0n) is 19.4. The lowest BCUT2D eigenvalue weighted by Gasteiger charge is -2.37. The van der Waals surface area contributed by atoms with Crippen LogP contribution < -0.4 is 9.47 Å². The van der Waals surface area contributed by atoms with E-state index in [9.17, 15) is 9.59 Å². The Kier molecular flexibility index (Phi) is 9.42. The van der Waals surface area contributed by atoms with Crippen molar-refractivity contribution in [2.24, 2.45) is 23.7 Å². The van der Waals surface area contributed by atoms with E-state index >= 15 is 0 Å². The third kappa shape index (κ3) is 7.36. The van der Waals surface area contributed by atoms with Crippen molar-refractivity contribution < 1.29 is 19.1 Å². The van der Waals surface area contributed by atoms with E-state index in [1.165, 1.54) is 51.4 Å². The molecular weight excluding hydrogens is 388 g/mol. The van der Waals surface area contributed by atoms with E-state index in [2.05, 4.69) is 6.92 Å². The van der Waals surface area contributed by atoms with Gasteiger partial charge in [0.15, 0.2) is 0 Å². The van der Waals surface area contributed by atoms with Gasteiger partial charge in [0.2, 0.25) is 0 Å². The van der Waals surface area contributed by atoms with Gasteiger partial charge in [-0.2, -0.15) is 0 Å². The Balaban J connectivity index is 1.37. The van der Waals surface area contributed by atoms with E-state index < -0.39 is 0 Å². The van der Waals surface area contributed by atoms with Crippen molar-refractivity contribution in [1.82, 2.24) is 0 Å². The molecule has 31 heavy (non-hydrogen) atoms. The molecule has 0 atom stereocenters. The van der Waals surface area contributed by atoms with Gasteiger partial charge in [0, 0.05) is 6.42 Å². The first kappa shape index (κ1) is 23.8. The number of ether oxygens (including phenoxy) is 2. The molecule has 0 bridgehead atoms. The van der Waals surface area contributed by atoms with E-state index in [4.69, 9.17) is 9.47 Å². The van der Waals surface area contributed by atoms with Gasteiger partial charge in [-0.05, 0) is 80.5 Å². The minimum Gasteiger partial charge on any atom is -0.427 e. The standard InChI is InChI=1S/C27H40O4/c1-3-5-6-7-20-8-10-21(11-9-20)22-12-14-23(15-13-22)27(29)31-25-18-16-24(17-19-25)30-26(28)4-2/h16-23H,3-15H2,1-2H3. The predicted octanol–water partition coefficient (Wildman–Crippen LogP) is 7.10. The Morgan fingerprint density at radius 1 is 0.774 bits per heavy atom. The zero-order chi connectivity index (χ0) is 22.1. The second kappa shape index (κ2) is 12.3. The van der Waals surface area contributed by atoms with Crippen LogP contribution >= 0.6 is 0 Å². The van der Waals surface area contributed by atoms with Gasteiger partial charge in [0.1, 0.15) is 11.5 Å². The number of benzene rings is 1. The summed E-state index contributed by atoms with van der Waals surface area (Å²) < 4.78 is 10.8. The topological polar surface area (TPSA) is 52.6 Å². The van der Waals surface area contributed by atoms with Crippen molar-refractivity contribution >= 4 is 11.9 Å². The summed E-state index contributed by atoms with van der Waals surface area (Å²) in [6.07, 6.45) is 15.7. The average Bonchev–Trinajstić information content (AvgIpc) is 2.81. The van der Waals surface area contributed by atoms with Crippen molar-refractivity contribution in [1.29, 1.82) is 0 Å². The number of hydrogen-bond acceptors (Lipinski definition) is 4. The van der Waals surface area contributed by atoms with Crippen LogP contribution in [0.4, 0.5) is 0 Å². The summed E-state index contributed by atoms with van der Waals surface area (Å²) in [6, 6.07) is 6.73. The maximum atomic E-state index is 12.6. The maximum absolute atomic E-state index is 12.6. The monoisotopic (exact) mass is 428 g/mol. The first-order valence-electron chi connectivity index (χ1n) is 12.6. The molecule has 0 aromatic heterocycles. The molecule has 0 aliphatic heterocycles. The molecule has 0 unspecified atom stereocenters. The summed E-state index contributed by atoms with van der Waals surface area (Å²) >= 11 is 0. The Morgan fingerprint density at radius 2 is 1.32 bits per heavy atom. The Hall–Kier alpha value is -1.84. The summed E-state index contributed by atoms with van der Waals surface area (Å²) in [4.78, 5) is 24.0. The van der Waals surface area contributed by atoms with Gasteiger partial charge >= 0.3 is 11.9 Å². The number of carbonyl (C=O) groups is 2. The summed E-state index contributed by atoms with van der Waals surface area (Å²) in [6.45, 7) is 4.04. The molecular formula is C27H40O4. The van der Waals surface area contributed by atoms with Gasteiger partial charge in [-0.15, -0.1) is 0 Å². The molecule has 3 rings (SSSR count). The lowest BCUT2D eigenvalue weighted by Crippen LogP contribution is -2.30. The number of rotatable bonds is 9. The molecule has 2 saturated carbocycles. The zero-order valence-corrected chi connectivity index (χ0v) is 19.4. The highest BCUT2D eigenvalue weighted by Gasteiger charge is 2.33. The van der Waals surface area contributed by atoms with Crippen molar-refractivity contribution in [2.75, 3.05) is 0 Å². The van der Waals surface area contributed by atoms with Crippen molar-refractivity contribution in [2.45, 2.75) is 97.3 Å². The summed E-state index contributed by atoms with van der Waals surface area (Å²) in [5.41, 5.74) is 0. The molecule has 0 radical (unpaired) electrons. The van der Waals surface area contributed by atoms with Crippen molar-refractivity contribution in [3.63, 3.8) is 0 Å². The van der Waals surface area contributed by atoms with Gasteiger partial charge in [0.05, 0.1) is 5.92 Å². The van der Waals surface area contributed by atoms with Crippen LogP contribution in [0.1, 0.15) is 97.3 Å². The van der Waals surface area contributed by atoms with Crippen LogP contribution in [0.3, 0.4) is 0 Å². The second-order valence-electron chi connectivity index (χ2n) is 9.61. The van der Waals surface area contributed by atoms with Crippen LogP contribution in [0.5, 0.6) is 11.5 Å². The van der Waals surface area contributed by atoms with Gasteiger partial charge in [-0.3, -0.25) is 9.59 Å². The van der Waals surface area contributed by atoms with Crippen LogP contribution in [-0.2, 0) is 9.59 Å². The lowest BCUT2D eigenvalue weighted by molar-refractivity contribution is -0.140. The molecule has 0 N–H and O–H groups in total. The fourth-order valence-electron chi connectivity index (χ4n) is 5.44. The first-order chi connectivity index (χ1) is 15.1. The molecule has 172 valence electrons. The Bertz CT molecular complexity index is 680. The van der Waals surface area contributed by atoms with Crippen LogP contribution in [-0.4, -0.2) is 11.9 Å².